The molecule has 266 valence electrons. The summed E-state index contributed by atoms with van der Waals surface area (Å²) >= 11 is 1.82. The Morgan fingerprint density at radius 1 is 0.421 bits per heavy atom. The summed E-state index contributed by atoms with van der Waals surface area (Å²) in [6.07, 6.45) is 0. The van der Waals surface area contributed by atoms with Gasteiger partial charge in [-0.3, -0.25) is 0 Å². The molecule has 0 fully saturated rings. The molecule has 1 aliphatic rings. The van der Waals surface area contributed by atoms with Crippen LogP contribution in [-0.2, 0) is 5.41 Å². The minimum absolute atomic E-state index is 0.516. The van der Waals surface area contributed by atoms with Crippen LogP contribution in [0.15, 0.2) is 199 Å². The van der Waals surface area contributed by atoms with E-state index in [1.54, 1.807) is 0 Å². The Morgan fingerprint density at radius 2 is 1.02 bits per heavy atom. The fraction of sp³-hybridized carbons (Fsp3) is 0.0189. The van der Waals surface area contributed by atoms with E-state index in [0.717, 1.165) is 50.0 Å². The van der Waals surface area contributed by atoms with Crippen LogP contribution in [0, 0.1) is 0 Å². The first-order chi connectivity index (χ1) is 28.3. The molecule has 0 N–H and O–H groups in total. The van der Waals surface area contributed by atoms with Crippen molar-refractivity contribution in [3.8, 4) is 45.0 Å². The lowest BCUT2D eigenvalue weighted by molar-refractivity contribution is 0.669. The van der Waals surface area contributed by atoms with Crippen LogP contribution in [0.2, 0.25) is 0 Å². The van der Waals surface area contributed by atoms with Crippen LogP contribution in [-0.4, -0.2) is 9.97 Å². The molecule has 3 heterocycles. The summed E-state index contributed by atoms with van der Waals surface area (Å²) in [7, 11) is 0. The number of hydrogen-bond donors (Lipinski definition) is 0. The van der Waals surface area contributed by atoms with Crippen molar-refractivity contribution in [2.24, 2.45) is 0 Å². The van der Waals surface area contributed by atoms with Gasteiger partial charge in [-0.25, -0.2) is 9.97 Å². The molecule has 0 unspecified atom stereocenters. The number of rotatable bonds is 5. The topological polar surface area (TPSA) is 38.9 Å². The molecule has 0 saturated carbocycles. The summed E-state index contributed by atoms with van der Waals surface area (Å²) in [5, 5.41) is 4.68. The molecule has 0 spiro atoms. The lowest BCUT2D eigenvalue weighted by Gasteiger charge is -2.33. The summed E-state index contributed by atoms with van der Waals surface area (Å²) in [5.74, 6) is 0.657. The molecule has 8 aromatic carbocycles. The van der Waals surface area contributed by atoms with Gasteiger partial charge in [-0.2, -0.15) is 0 Å². The maximum absolute atomic E-state index is 6.39. The lowest BCUT2D eigenvalue weighted by Crippen LogP contribution is -2.28. The third-order valence-corrected chi connectivity index (χ3v) is 13.0. The van der Waals surface area contributed by atoms with Gasteiger partial charge in [0.15, 0.2) is 5.82 Å². The molecule has 0 bridgehead atoms. The lowest BCUT2D eigenvalue weighted by atomic mass is 9.67. The van der Waals surface area contributed by atoms with Gasteiger partial charge >= 0.3 is 0 Å². The van der Waals surface area contributed by atoms with Crippen LogP contribution in [0.1, 0.15) is 22.3 Å². The number of hydrogen-bond acceptors (Lipinski definition) is 4. The van der Waals surface area contributed by atoms with Crippen LogP contribution in [0.5, 0.6) is 0 Å². The minimum atomic E-state index is -0.516. The van der Waals surface area contributed by atoms with E-state index < -0.39 is 5.41 Å². The highest BCUT2D eigenvalue weighted by molar-refractivity contribution is 7.26. The van der Waals surface area contributed by atoms with Crippen molar-refractivity contribution in [1.82, 2.24) is 9.97 Å². The van der Waals surface area contributed by atoms with Gasteiger partial charge in [0.2, 0.25) is 0 Å². The molecule has 0 saturated heterocycles. The van der Waals surface area contributed by atoms with Gasteiger partial charge in [-0.05, 0) is 63.7 Å². The largest absolute Gasteiger partial charge is 0.456 e. The first kappa shape index (κ1) is 32.1. The fourth-order valence-electron chi connectivity index (χ4n) is 9.37. The first-order valence-corrected chi connectivity index (χ1v) is 20.1. The average molecular weight is 745 g/mol. The second-order valence-electron chi connectivity index (χ2n) is 14.8. The van der Waals surface area contributed by atoms with E-state index in [-0.39, 0.29) is 0 Å². The Bertz CT molecular complexity index is 3320. The summed E-state index contributed by atoms with van der Waals surface area (Å²) in [6.45, 7) is 0. The number of thiophene rings is 1. The molecule has 57 heavy (non-hydrogen) atoms. The summed E-state index contributed by atoms with van der Waals surface area (Å²) < 4.78 is 8.87. The highest BCUT2D eigenvalue weighted by Gasteiger charge is 2.46. The molecule has 3 nitrogen and oxygen atoms in total. The van der Waals surface area contributed by atoms with Crippen molar-refractivity contribution in [3.05, 3.63) is 216 Å². The second kappa shape index (κ2) is 12.4. The molecular formula is C53H32N2OS. The van der Waals surface area contributed by atoms with Gasteiger partial charge in [0.25, 0.3) is 0 Å². The third kappa shape index (κ3) is 4.71. The third-order valence-electron chi connectivity index (χ3n) is 11.8. The molecule has 4 heteroatoms. The second-order valence-corrected chi connectivity index (χ2v) is 15.9. The quantitative estimate of drug-likeness (QED) is 0.176. The van der Waals surface area contributed by atoms with E-state index in [0.29, 0.717) is 5.82 Å². The number of nitrogens with zero attached hydrogens (tertiary/aromatic N) is 2. The standard InChI is InChI=1S/C53H32N2OS/c1-3-15-34(16-4-1)53(35-17-5-2-6-18-35)43-25-10-7-21-40(43)50-41(23-14-26-44(50)53)45-32-46(42-24-13-22-39-38-20-9-12-28-49(38)57-51(39)42)55-52(54-45)33-29-30-37-36-19-8-11-27-47(36)56-48(37)31-33/h1-32H. The van der Waals surface area contributed by atoms with Crippen LogP contribution in [0.4, 0.5) is 0 Å². The molecule has 1 aliphatic carbocycles. The highest BCUT2D eigenvalue weighted by Crippen LogP contribution is 2.58. The van der Waals surface area contributed by atoms with E-state index in [9.17, 15) is 0 Å². The Balaban J connectivity index is 1.15. The highest BCUT2D eigenvalue weighted by atomic mass is 32.1. The van der Waals surface area contributed by atoms with Gasteiger partial charge in [-0.15, -0.1) is 11.3 Å². The molecule has 12 rings (SSSR count). The molecule has 0 atom stereocenters. The molecule has 0 aliphatic heterocycles. The van der Waals surface area contributed by atoms with Gasteiger partial charge in [0, 0.05) is 47.6 Å². The summed E-state index contributed by atoms with van der Waals surface area (Å²) in [4.78, 5) is 10.9. The maximum atomic E-state index is 6.39. The van der Waals surface area contributed by atoms with Crippen molar-refractivity contribution < 1.29 is 4.42 Å². The number of aromatic nitrogens is 2. The van der Waals surface area contributed by atoms with Crippen molar-refractivity contribution in [1.29, 1.82) is 0 Å². The summed E-state index contributed by atoms with van der Waals surface area (Å²) in [6, 6.07) is 69.6. The first-order valence-electron chi connectivity index (χ1n) is 19.3. The van der Waals surface area contributed by atoms with Crippen molar-refractivity contribution >= 4 is 53.4 Å². The smallest absolute Gasteiger partial charge is 0.160 e. The predicted molar refractivity (Wildman–Crippen MR) is 236 cm³/mol. The Hall–Kier alpha value is -7.14. The number of para-hydroxylation sites is 1. The normalized spacial score (nSPS) is 13.1. The molecule has 11 aromatic rings. The van der Waals surface area contributed by atoms with E-state index >= 15 is 0 Å². The maximum Gasteiger partial charge on any atom is 0.160 e. The van der Waals surface area contributed by atoms with Crippen molar-refractivity contribution in [3.63, 3.8) is 0 Å². The van der Waals surface area contributed by atoms with Crippen LogP contribution < -0.4 is 0 Å². The van der Waals surface area contributed by atoms with Gasteiger partial charge in [0.05, 0.1) is 16.8 Å². The van der Waals surface area contributed by atoms with E-state index in [1.165, 1.54) is 53.6 Å². The predicted octanol–water partition coefficient (Wildman–Crippen LogP) is 14.1. The van der Waals surface area contributed by atoms with Crippen molar-refractivity contribution in [2.75, 3.05) is 0 Å². The Morgan fingerprint density at radius 3 is 1.84 bits per heavy atom. The van der Waals surface area contributed by atoms with Crippen LogP contribution in [0.25, 0.3) is 87.1 Å². The number of furan rings is 1. The van der Waals surface area contributed by atoms with Crippen LogP contribution >= 0.6 is 11.3 Å². The van der Waals surface area contributed by atoms with Gasteiger partial charge in [0.1, 0.15) is 11.2 Å². The monoisotopic (exact) mass is 744 g/mol. The molecular weight excluding hydrogens is 713 g/mol. The zero-order chi connectivity index (χ0) is 37.5. The molecule has 0 radical (unpaired) electrons. The zero-order valence-electron chi connectivity index (χ0n) is 30.7. The van der Waals surface area contributed by atoms with E-state index in [1.807, 2.05) is 23.5 Å². The number of benzene rings is 8. The van der Waals surface area contributed by atoms with Gasteiger partial charge in [-0.1, -0.05) is 164 Å². The molecule has 0 amide bonds. The minimum Gasteiger partial charge on any atom is -0.456 e. The van der Waals surface area contributed by atoms with Crippen LogP contribution in [0.3, 0.4) is 0 Å². The molecule has 3 aromatic heterocycles. The van der Waals surface area contributed by atoms with E-state index in [2.05, 4.69) is 182 Å². The Labute approximate surface area is 333 Å². The van der Waals surface area contributed by atoms with Gasteiger partial charge < -0.3 is 4.42 Å². The SMILES string of the molecule is c1ccc(C2(c3ccccc3)c3ccccc3-c3c(-c4cc(-c5cccc6c5sc5ccccc56)nc(-c5ccc6c(c5)oc5ccccc56)n4)cccc32)cc1. The van der Waals surface area contributed by atoms with E-state index in [4.69, 9.17) is 14.4 Å². The zero-order valence-corrected chi connectivity index (χ0v) is 31.5. The summed E-state index contributed by atoms with van der Waals surface area (Å²) in [5.41, 5.74) is 13.4. The number of fused-ring (bicyclic) bond motifs is 9. The fourth-order valence-corrected chi connectivity index (χ4v) is 10.6. The van der Waals surface area contributed by atoms with Crippen molar-refractivity contribution in [2.45, 2.75) is 5.41 Å². The average Bonchev–Trinajstić information content (AvgIpc) is 3.95. The Kier molecular flexibility index (Phi) is 7.01.